The average Bonchev–Trinajstić information content (AvgIpc) is 2.55. The van der Waals surface area contributed by atoms with E-state index in [1.54, 1.807) is 0 Å². The fraction of sp³-hybridized carbons (Fsp3) is 0.588. The van der Waals surface area contributed by atoms with Gasteiger partial charge in [-0.25, -0.2) is 0 Å². The van der Waals surface area contributed by atoms with Crippen molar-refractivity contribution in [1.82, 2.24) is 4.90 Å². The molecule has 5 heteroatoms. The van der Waals surface area contributed by atoms with Crippen molar-refractivity contribution in [2.24, 2.45) is 5.92 Å². The Hall–Kier alpha value is -1.59. The lowest BCUT2D eigenvalue weighted by Crippen LogP contribution is -2.42. The van der Waals surface area contributed by atoms with Crippen LogP contribution in [0.1, 0.15) is 19.8 Å². The molecule has 0 bridgehead atoms. The molecule has 1 aromatic rings. The second-order valence-electron chi connectivity index (χ2n) is 5.60. The van der Waals surface area contributed by atoms with Gasteiger partial charge in [0.05, 0.1) is 12.5 Å². The van der Waals surface area contributed by atoms with E-state index in [4.69, 9.17) is 9.47 Å². The minimum Gasteiger partial charge on any atom is -0.491 e. The Morgan fingerprint density at radius 2 is 2.00 bits per heavy atom. The Balaban J connectivity index is 1.66. The molecule has 0 unspecified atom stereocenters. The molecular weight excluding hydrogens is 282 g/mol. The minimum absolute atomic E-state index is 0.00825. The Bertz CT molecular complexity index is 443. The van der Waals surface area contributed by atoms with Gasteiger partial charge in [-0.3, -0.25) is 4.79 Å². The number of rotatable bonds is 7. The first-order valence-electron chi connectivity index (χ1n) is 7.94. The van der Waals surface area contributed by atoms with Gasteiger partial charge in [0, 0.05) is 6.54 Å². The molecule has 1 N–H and O–H groups in total. The maximum atomic E-state index is 11.7. The van der Waals surface area contributed by atoms with E-state index in [0.717, 1.165) is 31.7 Å². The number of β-amino-alcohol motifs (C(OH)–C–C–N with tert-alkyl or cyclic N) is 1. The number of likely N-dealkylation sites (tertiary alicyclic amines) is 1. The van der Waals surface area contributed by atoms with Crippen molar-refractivity contribution in [3.05, 3.63) is 30.3 Å². The highest BCUT2D eigenvalue weighted by Crippen LogP contribution is 2.19. The van der Waals surface area contributed by atoms with E-state index in [1.807, 2.05) is 37.3 Å². The van der Waals surface area contributed by atoms with Crippen molar-refractivity contribution in [3.63, 3.8) is 0 Å². The normalized spacial score (nSPS) is 17.9. The van der Waals surface area contributed by atoms with Crippen LogP contribution >= 0.6 is 0 Å². The van der Waals surface area contributed by atoms with E-state index < -0.39 is 6.10 Å². The van der Waals surface area contributed by atoms with Gasteiger partial charge in [0.1, 0.15) is 18.5 Å². The number of aliphatic hydroxyl groups is 1. The van der Waals surface area contributed by atoms with Gasteiger partial charge in [-0.05, 0) is 45.0 Å². The number of hydrogen-bond donors (Lipinski definition) is 1. The molecule has 1 fully saturated rings. The van der Waals surface area contributed by atoms with Crippen LogP contribution in [-0.4, -0.2) is 54.9 Å². The van der Waals surface area contributed by atoms with Gasteiger partial charge >= 0.3 is 5.97 Å². The highest BCUT2D eigenvalue weighted by atomic mass is 16.5. The van der Waals surface area contributed by atoms with Gasteiger partial charge < -0.3 is 19.5 Å². The first-order valence-corrected chi connectivity index (χ1v) is 7.94. The molecule has 1 aromatic carbocycles. The van der Waals surface area contributed by atoms with Crippen LogP contribution in [0.3, 0.4) is 0 Å². The standard InChI is InChI=1S/C17H25NO4/c1-2-21-17(20)14-8-10-18(11-9-14)12-15(19)13-22-16-6-4-3-5-7-16/h3-7,14-15,19H,2,8-13H2,1H3/t15-/m0/s1. The Morgan fingerprint density at radius 1 is 1.32 bits per heavy atom. The molecule has 22 heavy (non-hydrogen) atoms. The molecule has 1 aliphatic rings. The van der Waals surface area contributed by atoms with Crippen LogP contribution in [-0.2, 0) is 9.53 Å². The van der Waals surface area contributed by atoms with E-state index in [0.29, 0.717) is 13.2 Å². The molecule has 2 rings (SSSR count). The molecule has 1 saturated heterocycles. The third-order valence-corrected chi connectivity index (χ3v) is 3.86. The smallest absolute Gasteiger partial charge is 0.309 e. The van der Waals surface area contributed by atoms with Crippen molar-refractivity contribution in [2.45, 2.75) is 25.9 Å². The Kier molecular flexibility index (Phi) is 6.68. The van der Waals surface area contributed by atoms with E-state index in [9.17, 15) is 9.90 Å². The summed E-state index contributed by atoms with van der Waals surface area (Å²) < 4.78 is 10.6. The number of aliphatic hydroxyl groups excluding tert-OH is 1. The molecule has 122 valence electrons. The van der Waals surface area contributed by atoms with Crippen molar-refractivity contribution in [1.29, 1.82) is 0 Å². The van der Waals surface area contributed by atoms with Gasteiger partial charge in [-0.2, -0.15) is 0 Å². The molecule has 0 radical (unpaired) electrons. The molecule has 5 nitrogen and oxygen atoms in total. The largest absolute Gasteiger partial charge is 0.491 e. The van der Waals surface area contributed by atoms with Crippen LogP contribution in [0.2, 0.25) is 0 Å². The molecule has 1 heterocycles. The van der Waals surface area contributed by atoms with E-state index in [1.165, 1.54) is 0 Å². The number of piperidine rings is 1. The maximum absolute atomic E-state index is 11.7. The Morgan fingerprint density at radius 3 is 2.64 bits per heavy atom. The fourth-order valence-electron chi connectivity index (χ4n) is 2.67. The lowest BCUT2D eigenvalue weighted by Gasteiger charge is -2.32. The molecule has 0 saturated carbocycles. The van der Waals surface area contributed by atoms with E-state index in [-0.39, 0.29) is 18.5 Å². The van der Waals surface area contributed by atoms with Gasteiger partial charge in [0.2, 0.25) is 0 Å². The first kappa shape index (κ1) is 16.8. The summed E-state index contributed by atoms with van der Waals surface area (Å²) in [5.74, 6) is 0.687. The fourth-order valence-corrected chi connectivity index (χ4v) is 2.67. The molecular formula is C17H25NO4. The van der Waals surface area contributed by atoms with Gasteiger partial charge in [0.15, 0.2) is 0 Å². The quantitative estimate of drug-likeness (QED) is 0.777. The number of nitrogens with zero attached hydrogens (tertiary/aromatic N) is 1. The summed E-state index contributed by atoms with van der Waals surface area (Å²) in [4.78, 5) is 13.9. The second kappa shape index (κ2) is 8.76. The van der Waals surface area contributed by atoms with Crippen LogP contribution < -0.4 is 4.74 Å². The van der Waals surface area contributed by atoms with Crippen molar-refractivity contribution in [2.75, 3.05) is 32.8 Å². The first-order chi connectivity index (χ1) is 10.7. The maximum Gasteiger partial charge on any atom is 0.309 e. The monoisotopic (exact) mass is 307 g/mol. The highest BCUT2D eigenvalue weighted by Gasteiger charge is 2.26. The second-order valence-corrected chi connectivity index (χ2v) is 5.60. The van der Waals surface area contributed by atoms with Crippen molar-refractivity contribution < 1.29 is 19.4 Å². The molecule has 0 aromatic heterocycles. The minimum atomic E-state index is -0.528. The van der Waals surface area contributed by atoms with Crippen molar-refractivity contribution in [3.8, 4) is 5.75 Å². The lowest BCUT2D eigenvalue weighted by molar-refractivity contribution is -0.149. The predicted molar refractivity (Wildman–Crippen MR) is 83.7 cm³/mol. The summed E-state index contributed by atoms with van der Waals surface area (Å²) >= 11 is 0. The molecule has 0 aliphatic carbocycles. The van der Waals surface area contributed by atoms with Gasteiger partial charge in [-0.15, -0.1) is 0 Å². The number of carbonyl (C=O) groups excluding carboxylic acids is 1. The summed E-state index contributed by atoms with van der Waals surface area (Å²) in [5, 5.41) is 10.1. The highest BCUT2D eigenvalue weighted by molar-refractivity contribution is 5.72. The van der Waals surface area contributed by atoms with E-state index >= 15 is 0 Å². The number of para-hydroxylation sites is 1. The summed E-state index contributed by atoms with van der Waals surface area (Å²) in [6.07, 6.45) is 1.07. The van der Waals surface area contributed by atoms with Crippen LogP contribution in [0.25, 0.3) is 0 Å². The van der Waals surface area contributed by atoms with Crippen LogP contribution in [0.5, 0.6) is 5.75 Å². The van der Waals surface area contributed by atoms with Crippen LogP contribution in [0.15, 0.2) is 30.3 Å². The van der Waals surface area contributed by atoms with E-state index in [2.05, 4.69) is 4.90 Å². The summed E-state index contributed by atoms with van der Waals surface area (Å²) in [5.41, 5.74) is 0. The molecule has 1 atom stereocenters. The summed E-state index contributed by atoms with van der Waals surface area (Å²) in [7, 11) is 0. The number of esters is 1. The number of hydrogen-bond acceptors (Lipinski definition) is 5. The lowest BCUT2D eigenvalue weighted by atomic mass is 9.97. The number of ether oxygens (including phenoxy) is 2. The zero-order valence-corrected chi connectivity index (χ0v) is 13.1. The molecule has 0 spiro atoms. The van der Waals surface area contributed by atoms with Crippen LogP contribution in [0.4, 0.5) is 0 Å². The van der Waals surface area contributed by atoms with Gasteiger partial charge in [0.25, 0.3) is 0 Å². The third kappa shape index (κ3) is 5.31. The summed E-state index contributed by atoms with van der Waals surface area (Å²) in [6, 6.07) is 9.48. The Labute approximate surface area is 131 Å². The number of carbonyl (C=O) groups is 1. The molecule has 1 aliphatic heterocycles. The summed E-state index contributed by atoms with van der Waals surface area (Å²) in [6.45, 7) is 4.74. The SMILES string of the molecule is CCOC(=O)C1CCN(C[C@H](O)COc2ccccc2)CC1. The van der Waals surface area contributed by atoms with Gasteiger partial charge in [-0.1, -0.05) is 18.2 Å². The predicted octanol–water partition coefficient (Wildman–Crippen LogP) is 1.70. The number of benzene rings is 1. The molecule has 0 amide bonds. The third-order valence-electron chi connectivity index (χ3n) is 3.86. The van der Waals surface area contributed by atoms with Crippen molar-refractivity contribution >= 4 is 5.97 Å². The zero-order chi connectivity index (χ0) is 15.8. The van der Waals surface area contributed by atoms with Crippen LogP contribution in [0, 0.1) is 5.92 Å². The average molecular weight is 307 g/mol. The topological polar surface area (TPSA) is 59.0 Å². The zero-order valence-electron chi connectivity index (χ0n) is 13.1.